The topological polar surface area (TPSA) is 95.5 Å². The third-order valence-electron chi connectivity index (χ3n) is 9.23. The summed E-state index contributed by atoms with van der Waals surface area (Å²) in [7, 11) is 0. The van der Waals surface area contributed by atoms with E-state index in [9.17, 15) is 19.5 Å². The number of aromatic carboxylic acids is 1. The van der Waals surface area contributed by atoms with Crippen molar-refractivity contribution in [2.24, 2.45) is 0 Å². The van der Waals surface area contributed by atoms with Crippen molar-refractivity contribution in [1.29, 1.82) is 0 Å². The third-order valence-corrected chi connectivity index (χ3v) is 9.23. The molecular formula is C48H48N2O4. The number of anilines is 2. The van der Waals surface area contributed by atoms with Crippen LogP contribution < -0.4 is 10.6 Å². The number of hydrogen-bond acceptors (Lipinski definition) is 3. The normalized spacial score (nSPS) is 10.5. The Bertz CT molecular complexity index is 2080. The van der Waals surface area contributed by atoms with Crippen LogP contribution in [0.5, 0.6) is 0 Å². The van der Waals surface area contributed by atoms with Crippen LogP contribution in [-0.2, 0) is 25.7 Å². The fourth-order valence-corrected chi connectivity index (χ4v) is 6.17. The molecule has 0 aliphatic heterocycles. The molecule has 6 aromatic carbocycles. The average molecular weight is 717 g/mol. The summed E-state index contributed by atoms with van der Waals surface area (Å²) in [5, 5.41) is 15.2. The molecule has 274 valence electrons. The van der Waals surface area contributed by atoms with E-state index in [1.54, 1.807) is 36.4 Å². The van der Waals surface area contributed by atoms with Gasteiger partial charge in [0.1, 0.15) is 0 Å². The van der Waals surface area contributed by atoms with E-state index in [0.717, 1.165) is 61.8 Å². The van der Waals surface area contributed by atoms with Crippen LogP contribution in [0.2, 0.25) is 0 Å². The van der Waals surface area contributed by atoms with Crippen LogP contribution in [0.25, 0.3) is 0 Å². The Morgan fingerprint density at radius 2 is 0.815 bits per heavy atom. The third kappa shape index (κ3) is 12.4. The first-order chi connectivity index (χ1) is 26.4. The van der Waals surface area contributed by atoms with Crippen molar-refractivity contribution in [3.05, 3.63) is 202 Å². The molecule has 0 fully saturated rings. The van der Waals surface area contributed by atoms with Gasteiger partial charge < -0.3 is 15.7 Å². The minimum Gasteiger partial charge on any atom is -0.478 e. The molecule has 54 heavy (non-hydrogen) atoms. The first-order valence-electron chi connectivity index (χ1n) is 18.6. The maximum absolute atomic E-state index is 12.4. The number of nitrogens with one attached hydrogen (secondary N) is 2. The van der Waals surface area contributed by atoms with Gasteiger partial charge in [0.2, 0.25) is 0 Å². The summed E-state index contributed by atoms with van der Waals surface area (Å²) >= 11 is 0. The lowest BCUT2D eigenvalue weighted by molar-refractivity contribution is 0.0697. The largest absolute Gasteiger partial charge is 0.478 e. The van der Waals surface area contributed by atoms with Gasteiger partial charge in [-0.15, -0.1) is 0 Å². The molecule has 0 atom stereocenters. The molecule has 2 amide bonds. The second-order valence-corrected chi connectivity index (χ2v) is 13.4. The molecule has 0 heterocycles. The van der Waals surface area contributed by atoms with Gasteiger partial charge in [0, 0.05) is 16.8 Å². The van der Waals surface area contributed by atoms with Gasteiger partial charge in [0.15, 0.2) is 0 Å². The molecule has 0 unspecified atom stereocenters. The number of benzene rings is 6. The van der Waals surface area contributed by atoms with Crippen molar-refractivity contribution in [2.45, 2.75) is 58.3 Å². The number of aryl methyl sites for hydroxylation is 5. The summed E-state index contributed by atoms with van der Waals surface area (Å²) in [6.07, 6.45) is 8.36. The Kier molecular flexibility index (Phi) is 14.9. The number of carbonyl (C=O) groups is 3. The predicted molar refractivity (Wildman–Crippen MR) is 220 cm³/mol. The molecule has 0 bridgehead atoms. The molecule has 0 aliphatic carbocycles. The second kappa shape index (κ2) is 20.7. The minimum absolute atomic E-state index is 0.0603. The quantitative estimate of drug-likeness (QED) is 0.0922. The number of carbonyl (C=O) groups excluding carboxylic acids is 2. The summed E-state index contributed by atoms with van der Waals surface area (Å²) < 4.78 is 0. The van der Waals surface area contributed by atoms with Crippen molar-refractivity contribution in [3.8, 4) is 0 Å². The molecule has 3 N–H and O–H groups in total. The van der Waals surface area contributed by atoms with E-state index in [0.29, 0.717) is 16.8 Å². The van der Waals surface area contributed by atoms with Gasteiger partial charge in [-0.1, -0.05) is 115 Å². The van der Waals surface area contributed by atoms with Gasteiger partial charge in [-0.25, -0.2) is 4.79 Å². The number of carboxylic acid groups (broad SMARTS) is 1. The van der Waals surface area contributed by atoms with Gasteiger partial charge in [0.05, 0.1) is 11.3 Å². The Labute approximate surface area is 318 Å². The zero-order chi connectivity index (χ0) is 38.0. The number of unbranched alkanes of at least 4 members (excludes halogenated alkanes) is 2. The predicted octanol–water partition coefficient (Wildman–Crippen LogP) is 11.0. The first kappa shape index (κ1) is 38.9. The monoisotopic (exact) mass is 716 g/mol. The summed E-state index contributed by atoms with van der Waals surface area (Å²) in [6, 6.07) is 50.6. The highest BCUT2D eigenvalue weighted by atomic mass is 16.4. The minimum atomic E-state index is -1.06. The maximum atomic E-state index is 12.4. The van der Waals surface area contributed by atoms with Crippen LogP contribution >= 0.6 is 0 Å². The highest BCUT2D eigenvalue weighted by molar-refractivity contribution is 6.08. The van der Waals surface area contributed by atoms with Crippen LogP contribution in [0, 0.1) is 6.92 Å². The average Bonchev–Trinajstić information content (AvgIpc) is 3.21. The number of amides is 2. The lowest BCUT2D eigenvalue weighted by Crippen LogP contribution is -2.15. The number of hydrogen-bond donors (Lipinski definition) is 3. The van der Waals surface area contributed by atoms with E-state index >= 15 is 0 Å². The fraction of sp³-hybridized carbons (Fsp3) is 0.188. The Morgan fingerprint density at radius 3 is 1.26 bits per heavy atom. The molecule has 0 saturated heterocycles. The number of rotatable bonds is 15. The molecule has 6 rings (SSSR count). The van der Waals surface area contributed by atoms with Crippen LogP contribution in [0.1, 0.15) is 84.6 Å². The SMILES string of the molecule is Cc1ccc(CCCCc2ccccc2)cc1NC(=O)c1ccccc1.O=C(Nc1cc(CCCCc2ccccc2)ccc1C(=O)O)c1ccccc1. The molecule has 0 radical (unpaired) electrons. The lowest BCUT2D eigenvalue weighted by atomic mass is 10.0. The highest BCUT2D eigenvalue weighted by Crippen LogP contribution is 2.22. The molecule has 6 aromatic rings. The molecule has 0 saturated carbocycles. The first-order valence-corrected chi connectivity index (χ1v) is 18.6. The van der Waals surface area contributed by atoms with E-state index in [2.05, 4.69) is 71.3 Å². The van der Waals surface area contributed by atoms with Crippen molar-refractivity contribution >= 4 is 29.2 Å². The number of carboxylic acids is 1. The summed E-state index contributed by atoms with van der Waals surface area (Å²) in [5.41, 5.74) is 8.59. The molecule has 0 spiro atoms. The molecular weight excluding hydrogens is 669 g/mol. The van der Waals surface area contributed by atoms with Gasteiger partial charge in [-0.05, 0) is 129 Å². The molecule has 6 heteroatoms. The summed E-state index contributed by atoms with van der Waals surface area (Å²) in [5.74, 6) is -1.43. The van der Waals surface area contributed by atoms with Gasteiger partial charge in [-0.3, -0.25) is 9.59 Å². The van der Waals surface area contributed by atoms with E-state index in [4.69, 9.17) is 0 Å². The smallest absolute Gasteiger partial charge is 0.337 e. The maximum Gasteiger partial charge on any atom is 0.337 e. The zero-order valence-corrected chi connectivity index (χ0v) is 30.8. The van der Waals surface area contributed by atoms with E-state index < -0.39 is 5.97 Å². The molecule has 0 aliphatic rings. The van der Waals surface area contributed by atoms with E-state index in [1.807, 2.05) is 67.6 Å². The lowest BCUT2D eigenvalue weighted by Gasteiger charge is -2.11. The van der Waals surface area contributed by atoms with Crippen LogP contribution in [-0.4, -0.2) is 22.9 Å². The summed E-state index contributed by atoms with van der Waals surface area (Å²) in [6.45, 7) is 2.03. The Hall–Kier alpha value is -6.27. The van der Waals surface area contributed by atoms with Crippen molar-refractivity contribution in [2.75, 3.05) is 10.6 Å². The molecule has 0 aromatic heterocycles. The Morgan fingerprint density at radius 1 is 0.444 bits per heavy atom. The van der Waals surface area contributed by atoms with E-state index in [-0.39, 0.29) is 17.4 Å². The van der Waals surface area contributed by atoms with Gasteiger partial charge >= 0.3 is 5.97 Å². The second-order valence-electron chi connectivity index (χ2n) is 13.4. The van der Waals surface area contributed by atoms with Crippen LogP contribution in [0.15, 0.2) is 158 Å². The fourth-order valence-electron chi connectivity index (χ4n) is 6.17. The summed E-state index contributed by atoms with van der Waals surface area (Å²) in [4.78, 5) is 36.3. The van der Waals surface area contributed by atoms with Crippen molar-refractivity contribution < 1.29 is 19.5 Å². The van der Waals surface area contributed by atoms with Crippen LogP contribution in [0.3, 0.4) is 0 Å². The van der Waals surface area contributed by atoms with E-state index in [1.165, 1.54) is 23.1 Å². The van der Waals surface area contributed by atoms with Crippen molar-refractivity contribution in [1.82, 2.24) is 0 Å². The standard InChI is InChI=1S/C24H23NO3.C24H25NO/c26-23(20-13-5-2-6-14-20)25-22-17-19(15-16-21(22)24(27)28)12-8-7-11-18-9-3-1-4-10-18;1-19-16-17-21(13-9-8-12-20-10-4-2-5-11-20)18-23(19)25-24(26)22-14-6-3-7-15-22/h1-6,9-10,13-17H,7-8,11-12H2,(H,25,26)(H,27,28);2-7,10-11,14-18H,8-9,12-13H2,1H3,(H,25,26). The van der Waals surface area contributed by atoms with Gasteiger partial charge in [-0.2, -0.15) is 0 Å². The van der Waals surface area contributed by atoms with Crippen molar-refractivity contribution in [3.63, 3.8) is 0 Å². The Balaban J connectivity index is 0.000000208. The highest BCUT2D eigenvalue weighted by Gasteiger charge is 2.14. The molecule has 6 nitrogen and oxygen atoms in total. The van der Waals surface area contributed by atoms with Gasteiger partial charge in [0.25, 0.3) is 11.8 Å². The zero-order valence-electron chi connectivity index (χ0n) is 30.8. The van der Waals surface area contributed by atoms with Crippen LogP contribution in [0.4, 0.5) is 11.4 Å².